The lowest BCUT2D eigenvalue weighted by Gasteiger charge is -2.15. The summed E-state index contributed by atoms with van der Waals surface area (Å²) in [7, 11) is 2.99. The molecule has 44 heavy (non-hydrogen) atoms. The van der Waals surface area contributed by atoms with Crippen LogP contribution in [0.25, 0.3) is 22.2 Å². The van der Waals surface area contributed by atoms with Gasteiger partial charge in [0.15, 0.2) is 23.1 Å². The standard InChI is InChI=1S/C33H24F2N4O5/c1-18(2)22-14-24(33(41)39(27(22)17-36)21-8-5-19(34)6-9-21)32(40)38-20-7-10-29(25(35)13-20)44-28-11-12-37-26-16-31(43-4)30(42-3)15-23(26)28/h5-16H,1H2,2-4H3,(H,38,40). The maximum Gasteiger partial charge on any atom is 0.269 e. The van der Waals surface area contributed by atoms with E-state index in [4.69, 9.17) is 14.2 Å². The maximum atomic E-state index is 15.2. The van der Waals surface area contributed by atoms with Gasteiger partial charge in [0.2, 0.25) is 0 Å². The topological polar surface area (TPSA) is 115 Å². The highest BCUT2D eigenvalue weighted by Gasteiger charge is 2.22. The number of allylic oxidation sites excluding steroid dienone is 1. The Balaban J connectivity index is 1.47. The fourth-order valence-corrected chi connectivity index (χ4v) is 4.57. The predicted octanol–water partition coefficient (Wildman–Crippen LogP) is 6.63. The Morgan fingerprint density at radius 2 is 1.64 bits per heavy atom. The van der Waals surface area contributed by atoms with Crippen LogP contribution in [0.4, 0.5) is 14.5 Å². The minimum atomic E-state index is -0.855. The van der Waals surface area contributed by atoms with Gasteiger partial charge in [-0.05, 0) is 67.1 Å². The molecule has 0 atom stereocenters. The molecule has 2 heterocycles. The Morgan fingerprint density at radius 3 is 2.27 bits per heavy atom. The van der Waals surface area contributed by atoms with Crippen LogP contribution in [-0.2, 0) is 0 Å². The van der Waals surface area contributed by atoms with Crippen LogP contribution in [0, 0.1) is 23.0 Å². The van der Waals surface area contributed by atoms with Crippen LogP contribution in [0.1, 0.15) is 28.5 Å². The number of hydrogen-bond donors (Lipinski definition) is 1. The number of aromatic nitrogens is 2. The summed E-state index contributed by atoms with van der Waals surface area (Å²) in [4.78, 5) is 31.1. The van der Waals surface area contributed by atoms with Gasteiger partial charge in [0.25, 0.3) is 11.5 Å². The van der Waals surface area contributed by atoms with Crippen LogP contribution in [0.5, 0.6) is 23.0 Å². The zero-order valence-electron chi connectivity index (χ0n) is 23.8. The molecule has 0 radical (unpaired) electrons. The summed E-state index contributed by atoms with van der Waals surface area (Å²) in [5.74, 6) is -1.11. The molecule has 0 aliphatic carbocycles. The van der Waals surface area contributed by atoms with E-state index in [0.29, 0.717) is 33.7 Å². The fourth-order valence-electron chi connectivity index (χ4n) is 4.57. The first-order valence-corrected chi connectivity index (χ1v) is 13.1. The van der Waals surface area contributed by atoms with Crippen molar-refractivity contribution in [3.05, 3.63) is 118 Å². The molecule has 0 fully saturated rings. The molecule has 0 aliphatic rings. The Hall–Kier alpha value is -6.02. The lowest BCUT2D eigenvalue weighted by Crippen LogP contribution is -2.30. The van der Waals surface area contributed by atoms with E-state index in [1.807, 2.05) is 6.07 Å². The summed E-state index contributed by atoms with van der Waals surface area (Å²) in [5, 5.41) is 12.9. The third-order valence-electron chi connectivity index (χ3n) is 6.71. The molecule has 0 spiro atoms. The smallest absolute Gasteiger partial charge is 0.269 e. The second kappa shape index (κ2) is 12.1. The monoisotopic (exact) mass is 594 g/mol. The molecular weight excluding hydrogens is 570 g/mol. The number of ether oxygens (including phenoxy) is 3. The third kappa shape index (κ3) is 5.56. The number of anilines is 1. The molecule has 2 aromatic heterocycles. The van der Waals surface area contributed by atoms with E-state index >= 15 is 4.39 Å². The van der Waals surface area contributed by atoms with E-state index in [-0.39, 0.29) is 33.9 Å². The van der Waals surface area contributed by atoms with Gasteiger partial charge < -0.3 is 19.5 Å². The molecule has 1 amide bonds. The Bertz CT molecular complexity index is 2050. The van der Waals surface area contributed by atoms with Crippen molar-refractivity contribution in [3.8, 4) is 34.8 Å². The highest BCUT2D eigenvalue weighted by molar-refractivity contribution is 6.04. The van der Waals surface area contributed by atoms with Gasteiger partial charge in [0.1, 0.15) is 28.9 Å². The number of hydrogen-bond acceptors (Lipinski definition) is 7. The van der Waals surface area contributed by atoms with Crippen LogP contribution in [0.3, 0.4) is 0 Å². The van der Waals surface area contributed by atoms with Crippen molar-refractivity contribution in [1.82, 2.24) is 9.55 Å². The first-order valence-electron chi connectivity index (χ1n) is 13.1. The lowest BCUT2D eigenvalue weighted by molar-refractivity contribution is 0.102. The number of carbonyl (C=O) groups is 1. The van der Waals surface area contributed by atoms with Crippen molar-refractivity contribution >= 4 is 28.1 Å². The van der Waals surface area contributed by atoms with Crippen molar-refractivity contribution in [2.45, 2.75) is 6.92 Å². The normalized spacial score (nSPS) is 10.6. The van der Waals surface area contributed by atoms with E-state index in [1.165, 1.54) is 50.7 Å². The maximum absolute atomic E-state index is 15.2. The second-order valence-corrected chi connectivity index (χ2v) is 9.56. The summed E-state index contributed by atoms with van der Waals surface area (Å²) < 4.78 is 46.4. The molecule has 5 rings (SSSR count). The van der Waals surface area contributed by atoms with E-state index in [1.54, 1.807) is 25.1 Å². The van der Waals surface area contributed by atoms with Gasteiger partial charge in [-0.25, -0.2) is 8.78 Å². The summed E-state index contributed by atoms with van der Waals surface area (Å²) in [5.41, 5.74) is 0.184. The Morgan fingerprint density at radius 1 is 0.932 bits per heavy atom. The van der Waals surface area contributed by atoms with Crippen LogP contribution in [0.2, 0.25) is 0 Å². The predicted molar refractivity (Wildman–Crippen MR) is 161 cm³/mol. The van der Waals surface area contributed by atoms with E-state index in [0.717, 1.165) is 22.8 Å². The zero-order valence-corrected chi connectivity index (χ0v) is 23.8. The second-order valence-electron chi connectivity index (χ2n) is 9.56. The van der Waals surface area contributed by atoms with Gasteiger partial charge in [-0.15, -0.1) is 0 Å². The Kier molecular flexibility index (Phi) is 8.08. The van der Waals surface area contributed by atoms with Crippen molar-refractivity contribution < 1.29 is 27.8 Å². The number of amides is 1. The summed E-state index contributed by atoms with van der Waals surface area (Å²) in [6.07, 6.45) is 1.51. The number of carbonyl (C=O) groups excluding carboxylic acids is 1. The van der Waals surface area contributed by atoms with Crippen LogP contribution < -0.4 is 25.1 Å². The SMILES string of the molecule is C=C(C)c1cc(C(=O)Nc2ccc(Oc3ccnc4cc(OC)c(OC)cc34)c(F)c2)c(=O)n(-c2ccc(F)cc2)c1C#N. The molecular formula is C33H24F2N4O5. The van der Waals surface area contributed by atoms with Crippen molar-refractivity contribution in [2.24, 2.45) is 0 Å². The third-order valence-corrected chi connectivity index (χ3v) is 6.71. The highest BCUT2D eigenvalue weighted by Crippen LogP contribution is 2.37. The first kappa shape index (κ1) is 29.5. The number of nitriles is 1. The van der Waals surface area contributed by atoms with Gasteiger partial charge >= 0.3 is 0 Å². The molecule has 220 valence electrons. The number of benzene rings is 3. The molecule has 0 bridgehead atoms. The molecule has 0 aliphatic heterocycles. The average molecular weight is 595 g/mol. The number of halogens is 2. The first-order chi connectivity index (χ1) is 21.1. The summed E-state index contributed by atoms with van der Waals surface area (Å²) >= 11 is 0. The largest absolute Gasteiger partial charge is 0.493 e. The number of nitrogens with zero attached hydrogens (tertiary/aromatic N) is 3. The highest BCUT2D eigenvalue weighted by atomic mass is 19.1. The quantitative estimate of drug-likeness (QED) is 0.214. The van der Waals surface area contributed by atoms with Crippen molar-refractivity contribution in [3.63, 3.8) is 0 Å². The molecule has 3 aromatic carbocycles. The lowest BCUT2D eigenvalue weighted by atomic mass is 10.0. The van der Waals surface area contributed by atoms with Gasteiger partial charge in [-0.1, -0.05) is 6.58 Å². The van der Waals surface area contributed by atoms with Crippen LogP contribution in [-0.4, -0.2) is 29.7 Å². The molecule has 0 saturated carbocycles. The molecule has 1 N–H and O–H groups in total. The number of rotatable bonds is 8. The minimum Gasteiger partial charge on any atom is -0.493 e. The minimum absolute atomic E-state index is 0.0415. The van der Waals surface area contributed by atoms with E-state index in [2.05, 4.69) is 16.9 Å². The van der Waals surface area contributed by atoms with E-state index < -0.39 is 23.1 Å². The van der Waals surface area contributed by atoms with Crippen LogP contribution in [0.15, 0.2) is 84.3 Å². The molecule has 0 unspecified atom stereocenters. The number of nitrogens with one attached hydrogen (secondary N) is 1. The molecule has 5 aromatic rings. The summed E-state index contributed by atoms with van der Waals surface area (Å²) in [6, 6.07) is 16.8. The number of fused-ring (bicyclic) bond motifs is 1. The zero-order chi connectivity index (χ0) is 31.5. The molecule has 0 saturated heterocycles. The average Bonchev–Trinajstić information content (AvgIpc) is 3.01. The molecule has 9 nitrogen and oxygen atoms in total. The fraction of sp³-hybridized carbons (Fsp3) is 0.0909. The summed E-state index contributed by atoms with van der Waals surface area (Å²) in [6.45, 7) is 5.47. The van der Waals surface area contributed by atoms with Crippen molar-refractivity contribution in [2.75, 3.05) is 19.5 Å². The van der Waals surface area contributed by atoms with Crippen LogP contribution >= 0.6 is 0 Å². The van der Waals surface area contributed by atoms with Gasteiger partial charge in [0.05, 0.1) is 25.4 Å². The van der Waals surface area contributed by atoms with Gasteiger partial charge in [0, 0.05) is 35.0 Å². The number of methoxy groups -OCH3 is 2. The van der Waals surface area contributed by atoms with Crippen molar-refractivity contribution in [1.29, 1.82) is 5.26 Å². The molecule has 11 heteroatoms. The van der Waals surface area contributed by atoms with E-state index in [9.17, 15) is 19.2 Å². The number of pyridine rings is 2. The van der Waals surface area contributed by atoms with Gasteiger partial charge in [-0.2, -0.15) is 5.26 Å². The Labute approximate surface area is 250 Å². The van der Waals surface area contributed by atoms with Gasteiger partial charge in [-0.3, -0.25) is 19.1 Å².